The molecule has 0 saturated carbocycles. The van der Waals surface area contributed by atoms with Gasteiger partial charge < -0.3 is 37.2 Å². The van der Waals surface area contributed by atoms with E-state index in [-0.39, 0.29) is 40.6 Å². The Balaban J connectivity index is 0.00000253. The van der Waals surface area contributed by atoms with Crippen molar-refractivity contribution in [1.82, 2.24) is 0 Å². The molecule has 0 amide bonds. The molecule has 1 unspecified atom stereocenters. The number of halogens is 3. The summed E-state index contributed by atoms with van der Waals surface area (Å²) < 4.78 is -0.0703. The second-order valence-electron chi connectivity index (χ2n) is 11.4. The monoisotopic (exact) mass is 630 g/mol. The molecule has 1 atom stereocenters. The van der Waals surface area contributed by atoms with E-state index < -0.39 is 8.07 Å². The number of rotatable bonds is 8. The summed E-state index contributed by atoms with van der Waals surface area (Å²) in [5.74, 6) is 1.48. The van der Waals surface area contributed by atoms with Gasteiger partial charge in [-0.05, 0) is 0 Å². The molecule has 4 rings (SSSR count). The molecule has 1 aliphatic rings. The smallest absolute Gasteiger partial charge is 1.00 e. The van der Waals surface area contributed by atoms with Gasteiger partial charge in [-0.2, -0.15) is 0 Å². The van der Waals surface area contributed by atoms with Crippen LogP contribution in [-0.2, 0) is 20.4 Å². The summed E-state index contributed by atoms with van der Waals surface area (Å²) in [6.07, 6.45) is 8.60. The topological polar surface area (TPSA) is 0 Å². The summed E-state index contributed by atoms with van der Waals surface area (Å²) in [4.78, 5) is 0. The molecule has 0 fully saturated rings. The molecule has 0 aromatic heterocycles. The van der Waals surface area contributed by atoms with Crippen molar-refractivity contribution in [1.29, 1.82) is 0 Å². The summed E-state index contributed by atoms with van der Waals surface area (Å²) in [6.45, 7) is 16.2. The van der Waals surface area contributed by atoms with Gasteiger partial charge in [-0.15, -0.1) is 0 Å². The maximum atomic E-state index is 2.60. The zero-order chi connectivity index (χ0) is 26.1. The van der Waals surface area contributed by atoms with Crippen LogP contribution in [0.4, 0.5) is 0 Å². The van der Waals surface area contributed by atoms with Crippen molar-refractivity contribution in [2.75, 3.05) is 0 Å². The first-order valence-electron chi connectivity index (χ1n) is 13.6. The standard InChI is InChI=1S/C34H41Si.3ClH.Ti/c1-8-27-18-19-34(20-27)35(31-15-9-12-28(21-31)24(2)3,32-16-10-13-29(22-32)25(4)5)33-17-11-14-30(23-33)26(6)7;;;;/h9-26H,8H2,1-7H3;3*1H;/q;;;;+3/p-3. The third-order valence-electron chi connectivity index (χ3n) is 7.96. The minimum atomic E-state index is -2.57. The van der Waals surface area contributed by atoms with Crippen LogP contribution < -0.4 is 52.8 Å². The summed E-state index contributed by atoms with van der Waals surface area (Å²) in [7, 11) is -2.57. The fourth-order valence-electron chi connectivity index (χ4n) is 5.69. The van der Waals surface area contributed by atoms with E-state index in [1.807, 2.05) is 0 Å². The van der Waals surface area contributed by atoms with Gasteiger partial charge in [0.2, 0.25) is 0 Å². The van der Waals surface area contributed by atoms with E-state index in [2.05, 4.69) is 160 Å². The first-order chi connectivity index (χ1) is 17.1. The Kier molecular flexibility index (Phi) is 13.6. The average Bonchev–Trinajstić information content (AvgIpc) is 3.27. The van der Waals surface area contributed by atoms with Gasteiger partial charge in [-0.1, -0.05) is 0 Å². The zero-order valence-electron chi connectivity index (χ0n) is 24.2. The van der Waals surface area contributed by atoms with Crippen LogP contribution in [0.1, 0.15) is 89.3 Å². The SMILES string of the molecule is CCC1=C[C]([Ti+3])([Si](c2cccc(C(C)C)c2)(c2cccc(C(C)C)c2)c2cccc(C(C)C)c2)C=C1.[Cl-].[Cl-].[Cl-]. The van der Waals surface area contributed by atoms with E-state index in [0.29, 0.717) is 17.8 Å². The Labute approximate surface area is 268 Å². The van der Waals surface area contributed by atoms with Gasteiger partial charge in [-0.25, -0.2) is 0 Å². The molecule has 0 N–H and O–H groups in total. The molecule has 0 aliphatic heterocycles. The molecule has 5 heteroatoms. The van der Waals surface area contributed by atoms with Crippen LogP contribution in [-0.4, -0.2) is 8.07 Å². The van der Waals surface area contributed by atoms with Crippen LogP contribution >= 0.6 is 0 Å². The minimum Gasteiger partial charge on any atom is -1.00 e. The Hall–Kier alpha value is -1.06. The van der Waals surface area contributed by atoms with Crippen LogP contribution in [0, 0.1) is 0 Å². The molecule has 206 valence electrons. The molecule has 0 spiro atoms. The van der Waals surface area contributed by atoms with Gasteiger partial charge in [0.25, 0.3) is 0 Å². The van der Waals surface area contributed by atoms with Gasteiger partial charge in [0.15, 0.2) is 0 Å². The third-order valence-corrected chi connectivity index (χ3v) is 15.3. The van der Waals surface area contributed by atoms with Crippen LogP contribution in [0.3, 0.4) is 0 Å². The van der Waals surface area contributed by atoms with Gasteiger partial charge in [-0.3, -0.25) is 0 Å². The second kappa shape index (κ2) is 14.7. The molecule has 1 aliphatic carbocycles. The molecular formula is C34H41Cl3SiTi. The maximum absolute atomic E-state index is 2.60. The van der Waals surface area contributed by atoms with Crippen molar-refractivity contribution in [2.45, 2.75) is 76.0 Å². The van der Waals surface area contributed by atoms with E-state index in [4.69, 9.17) is 0 Å². The quantitative estimate of drug-likeness (QED) is 0.214. The summed E-state index contributed by atoms with van der Waals surface area (Å²) in [5.41, 5.74) is 5.73. The van der Waals surface area contributed by atoms with E-state index in [1.165, 1.54) is 37.8 Å². The van der Waals surface area contributed by atoms with Crippen LogP contribution in [0.15, 0.2) is 96.6 Å². The largest absolute Gasteiger partial charge is 1.00 e. The fraction of sp³-hybridized carbons (Fsp3) is 0.353. The molecule has 0 radical (unpaired) electrons. The van der Waals surface area contributed by atoms with Crippen molar-refractivity contribution < 1.29 is 57.7 Å². The Morgan fingerprint density at radius 3 is 1.28 bits per heavy atom. The summed E-state index contributed by atoms with van der Waals surface area (Å²) in [6, 6.07) is 28.7. The molecule has 3 aromatic rings. The first kappa shape index (κ1) is 36.0. The predicted octanol–water partition coefficient (Wildman–Crippen LogP) is -1.31. The number of hydrogen-bond acceptors (Lipinski definition) is 0. The van der Waals surface area contributed by atoms with E-state index >= 15 is 0 Å². The predicted molar refractivity (Wildman–Crippen MR) is 156 cm³/mol. The summed E-state index contributed by atoms with van der Waals surface area (Å²) >= 11 is 2.50. The fourth-order valence-corrected chi connectivity index (χ4v) is 13.5. The molecular weight excluding hydrogens is 591 g/mol. The molecule has 0 heterocycles. The number of benzene rings is 3. The van der Waals surface area contributed by atoms with Crippen molar-refractivity contribution in [2.24, 2.45) is 0 Å². The molecule has 3 aromatic carbocycles. The van der Waals surface area contributed by atoms with E-state index in [9.17, 15) is 0 Å². The average molecular weight is 632 g/mol. The molecule has 0 saturated heterocycles. The first-order valence-corrected chi connectivity index (χ1v) is 16.4. The van der Waals surface area contributed by atoms with Crippen molar-refractivity contribution in [3.63, 3.8) is 0 Å². The van der Waals surface area contributed by atoms with E-state index in [1.54, 1.807) is 0 Å². The zero-order valence-corrected chi connectivity index (χ0v) is 29.1. The number of allylic oxidation sites excluding steroid dienone is 4. The van der Waals surface area contributed by atoms with Gasteiger partial charge in [0.1, 0.15) is 0 Å². The van der Waals surface area contributed by atoms with Crippen LogP contribution in [0.5, 0.6) is 0 Å². The van der Waals surface area contributed by atoms with Crippen LogP contribution in [0.25, 0.3) is 0 Å². The minimum absolute atomic E-state index is 0. The van der Waals surface area contributed by atoms with E-state index in [0.717, 1.165) is 6.42 Å². The van der Waals surface area contributed by atoms with Gasteiger partial charge in [0.05, 0.1) is 0 Å². The summed E-state index contributed by atoms with van der Waals surface area (Å²) in [5, 5.41) is 4.53. The Morgan fingerprint density at radius 1 is 0.641 bits per heavy atom. The Morgan fingerprint density at radius 2 is 1.00 bits per heavy atom. The Bertz CT molecular complexity index is 1170. The van der Waals surface area contributed by atoms with Crippen molar-refractivity contribution in [3.8, 4) is 0 Å². The normalized spacial score (nSPS) is 16.6. The van der Waals surface area contributed by atoms with Crippen molar-refractivity contribution in [3.05, 3.63) is 113 Å². The third kappa shape index (κ3) is 6.88. The van der Waals surface area contributed by atoms with Crippen molar-refractivity contribution >= 4 is 23.6 Å². The molecule has 0 bridgehead atoms. The van der Waals surface area contributed by atoms with Crippen LogP contribution in [0.2, 0.25) is 3.34 Å². The second-order valence-corrected chi connectivity index (χ2v) is 17.5. The van der Waals surface area contributed by atoms with Gasteiger partial charge in [0, 0.05) is 0 Å². The molecule has 39 heavy (non-hydrogen) atoms. The van der Waals surface area contributed by atoms with Gasteiger partial charge >= 0.3 is 233 Å². The number of hydrogen-bond donors (Lipinski definition) is 0. The molecule has 0 nitrogen and oxygen atoms in total. The maximum Gasteiger partial charge on any atom is -1.00 e.